The van der Waals surface area contributed by atoms with Crippen molar-refractivity contribution >= 4 is 12.1 Å². The molecule has 0 atom stereocenters. The average Bonchev–Trinajstić information content (AvgIpc) is 2.79. The molecule has 30 heavy (non-hydrogen) atoms. The van der Waals surface area contributed by atoms with E-state index in [9.17, 15) is 4.79 Å². The van der Waals surface area contributed by atoms with Gasteiger partial charge in [-0.25, -0.2) is 5.43 Å². The van der Waals surface area contributed by atoms with Gasteiger partial charge in [-0.15, -0.1) is 0 Å². The second kappa shape index (κ2) is 9.88. The molecule has 0 spiro atoms. The van der Waals surface area contributed by atoms with Gasteiger partial charge in [0.25, 0.3) is 5.91 Å². The summed E-state index contributed by atoms with van der Waals surface area (Å²) in [6.45, 7) is 6.41. The lowest BCUT2D eigenvalue weighted by atomic mass is 9.78. The molecule has 3 aromatic carbocycles. The van der Waals surface area contributed by atoms with Gasteiger partial charge in [0.1, 0.15) is 5.75 Å². The second-order valence-corrected chi connectivity index (χ2v) is 7.69. The summed E-state index contributed by atoms with van der Waals surface area (Å²) in [5.74, 6) is 0.349. The van der Waals surface area contributed by atoms with Gasteiger partial charge in [0.05, 0.1) is 6.21 Å². The van der Waals surface area contributed by atoms with Crippen LogP contribution in [0.15, 0.2) is 84.0 Å². The van der Waals surface area contributed by atoms with Crippen molar-refractivity contribution in [2.75, 3.05) is 6.61 Å². The number of hydrogen-bond donors (Lipinski definition) is 1. The van der Waals surface area contributed by atoms with E-state index in [-0.39, 0.29) is 17.9 Å². The van der Waals surface area contributed by atoms with Gasteiger partial charge in [-0.2, -0.15) is 5.10 Å². The lowest BCUT2D eigenvalue weighted by molar-refractivity contribution is -0.123. The molecule has 0 radical (unpaired) electrons. The number of ether oxygens (including phenoxy) is 1. The molecular formula is C26H28N2O2. The Morgan fingerprint density at radius 3 is 2.20 bits per heavy atom. The Hall–Kier alpha value is -3.40. The number of hydrazone groups is 1. The van der Waals surface area contributed by atoms with Crippen LogP contribution in [0.4, 0.5) is 0 Å². The topological polar surface area (TPSA) is 50.7 Å². The van der Waals surface area contributed by atoms with E-state index in [1.165, 1.54) is 16.7 Å². The summed E-state index contributed by atoms with van der Waals surface area (Å²) in [5.41, 5.74) is 7.02. The predicted octanol–water partition coefficient (Wildman–Crippen LogP) is 5.10. The molecule has 0 heterocycles. The van der Waals surface area contributed by atoms with Gasteiger partial charge in [0.15, 0.2) is 6.61 Å². The molecule has 3 rings (SSSR count). The zero-order chi connectivity index (χ0) is 21.4. The van der Waals surface area contributed by atoms with Crippen molar-refractivity contribution in [3.63, 3.8) is 0 Å². The molecule has 0 aromatic heterocycles. The summed E-state index contributed by atoms with van der Waals surface area (Å²) in [4.78, 5) is 12.0. The maximum Gasteiger partial charge on any atom is 0.277 e. The van der Waals surface area contributed by atoms with Crippen LogP contribution >= 0.6 is 0 Å². The minimum Gasteiger partial charge on any atom is -0.484 e. The van der Waals surface area contributed by atoms with E-state index in [2.05, 4.69) is 67.7 Å². The van der Waals surface area contributed by atoms with Crippen LogP contribution in [0.2, 0.25) is 0 Å². The Kier molecular flexibility index (Phi) is 7.02. The Morgan fingerprint density at radius 2 is 1.57 bits per heavy atom. The molecule has 1 N–H and O–H groups in total. The van der Waals surface area contributed by atoms with Crippen molar-refractivity contribution in [3.05, 3.63) is 101 Å². The number of hydrogen-bond acceptors (Lipinski definition) is 3. The first-order valence-corrected chi connectivity index (χ1v) is 10.2. The number of nitrogens with one attached hydrogen (secondary N) is 1. The second-order valence-electron chi connectivity index (χ2n) is 7.69. The zero-order valence-electron chi connectivity index (χ0n) is 17.8. The van der Waals surface area contributed by atoms with Crippen LogP contribution in [-0.2, 0) is 16.6 Å². The van der Waals surface area contributed by atoms with E-state index in [1.54, 1.807) is 6.21 Å². The predicted molar refractivity (Wildman–Crippen MR) is 122 cm³/mol. The van der Waals surface area contributed by atoms with Crippen LogP contribution in [0.1, 0.15) is 43.0 Å². The molecule has 4 heteroatoms. The average molecular weight is 401 g/mol. The van der Waals surface area contributed by atoms with Gasteiger partial charge >= 0.3 is 0 Å². The first-order chi connectivity index (χ1) is 14.5. The van der Waals surface area contributed by atoms with Crippen molar-refractivity contribution in [2.45, 2.75) is 32.6 Å². The summed E-state index contributed by atoms with van der Waals surface area (Å²) < 4.78 is 5.59. The van der Waals surface area contributed by atoms with E-state index in [0.717, 1.165) is 12.0 Å². The van der Waals surface area contributed by atoms with E-state index in [4.69, 9.17) is 4.74 Å². The van der Waals surface area contributed by atoms with Crippen molar-refractivity contribution in [3.8, 4) is 5.75 Å². The molecule has 154 valence electrons. The highest BCUT2D eigenvalue weighted by molar-refractivity contribution is 5.82. The van der Waals surface area contributed by atoms with Crippen LogP contribution in [0.5, 0.6) is 5.75 Å². The SMILES string of the molecule is CCc1ccc(/C=N/NC(=O)COc2ccc(C(C)(C)c3ccccc3)cc2)cc1. The molecule has 0 aliphatic carbocycles. The molecule has 4 nitrogen and oxygen atoms in total. The highest BCUT2D eigenvalue weighted by Crippen LogP contribution is 2.32. The maximum atomic E-state index is 12.0. The third-order valence-corrected chi connectivity index (χ3v) is 5.23. The third kappa shape index (κ3) is 5.57. The maximum absolute atomic E-state index is 12.0. The van der Waals surface area contributed by atoms with Crippen molar-refractivity contribution in [1.29, 1.82) is 0 Å². The number of amides is 1. The van der Waals surface area contributed by atoms with Gasteiger partial charge in [-0.3, -0.25) is 4.79 Å². The first-order valence-electron chi connectivity index (χ1n) is 10.2. The Balaban J connectivity index is 1.50. The minimum atomic E-state index is -0.301. The van der Waals surface area contributed by atoms with E-state index < -0.39 is 0 Å². The van der Waals surface area contributed by atoms with Crippen LogP contribution in [0, 0.1) is 0 Å². The molecule has 0 bridgehead atoms. The van der Waals surface area contributed by atoms with Crippen molar-refractivity contribution in [1.82, 2.24) is 5.43 Å². The number of rotatable bonds is 8. The number of carbonyl (C=O) groups excluding carboxylic acids is 1. The highest BCUT2D eigenvalue weighted by Gasteiger charge is 2.22. The Bertz CT molecular complexity index is 976. The number of carbonyl (C=O) groups is 1. The number of aryl methyl sites for hydroxylation is 1. The smallest absolute Gasteiger partial charge is 0.277 e. The molecule has 0 aliphatic heterocycles. The summed E-state index contributed by atoms with van der Waals surface area (Å²) in [6, 6.07) is 26.3. The number of benzene rings is 3. The van der Waals surface area contributed by atoms with Crippen molar-refractivity contribution in [2.24, 2.45) is 5.10 Å². The van der Waals surface area contributed by atoms with Gasteiger partial charge in [-0.1, -0.05) is 87.5 Å². The lowest BCUT2D eigenvalue weighted by Crippen LogP contribution is -2.24. The minimum absolute atomic E-state index is 0.0897. The molecule has 0 saturated heterocycles. The summed E-state index contributed by atoms with van der Waals surface area (Å²) >= 11 is 0. The molecule has 0 aliphatic rings. The fourth-order valence-electron chi connectivity index (χ4n) is 3.19. The standard InChI is InChI=1S/C26H28N2O2/c1-4-20-10-12-21(13-11-20)18-27-28-25(29)19-30-24-16-14-23(15-17-24)26(2,3)22-8-6-5-7-9-22/h5-18H,4,19H2,1-3H3,(H,28,29)/b27-18+. The van der Waals surface area contributed by atoms with Gasteiger partial charge in [0, 0.05) is 5.41 Å². The largest absolute Gasteiger partial charge is 0.484 e. The molecule has 0 saturated carbocycles. The van der Waals surface area contributed by atoms with Crippen LogP contribution in [-0.4, -0.2) is 18.7 Å². The first kappa shape index (κ1) is 21.3. The van der Waals surface area contributed by atoms with E-state index in [1.807, 2.05) is 42.5 Å². The summed E-state index contributed by atoms with van der Waals surface area (Å²) in [5, 5.41) is 3.98. The van der Waals surface area contributed by atoms with Crippen molar-refractivity contribution < 1.29 is 9.53 Å². The monoisotopic (exact) mass is 400 g/mol. The summed E-state index contributed by atoms with van der Waals surface area (Å²) in [6.07, 6.45) is 2.62. The fourth-order valence-corrected chi connectivity index (χ4v) is 3.19. The number of nitrogens with zero attached hydrogens (tertiary/aromatic N) is 1. The van der Waals surface area contributed by atoms with E-state index in [0.29, 0.717) is 5.75 Å². The van der Waals surface area contributed by atoms with E-state index >= 15 is 0 Å². The van der Waals surface area contributed by atoms with Gasteiger partial charge in [0.2, 0.25) is 0 Å². The van der Waals surface area contributed by atoms with Crippen LogP contribution in [0.25, 0.3) is 0 Å². The third-order valence-electron chi connectivity index (χ3n) is 5.23. The molecule has 3 aromatic rings. The van der Waals surface area contributed by atoms with Crippen LogP contribution in [0.3, 0.4) is 0 Å². The molecule has 0 unspecified atom stereocenters. The summed E-state index contributed by atoms with van der Waals surface area (Å²) in [7, 11) is 0. The normalized spacial score (nSPS) is 11.4. The fraction of sp³-hybridized carbons (Fsp3) is 0.231. The Morgan fingerprint density at radius 1 is 0.933 bits per heavy atom. The lowest BCUT2D eigenvalue weighted by Gasteiger charge is -2.26. The molecule has 0 fully saturated rings. The zero-order valence-corrected chi connectivity index (χ0v) is 17.8. The van der Waals surface area contributed by atoms with Gasteiger partial charge < -0.3 is 4.74 Å². The quantitative estimate of drug-likeness (QED) is 0.422. The molecule has 1 amide bonds. The van der Waals surface area contributed by atoms with Crippen LogP contribution < -0.4 is 10.2 Å². The highest BCUT2D eigenvalue weighted by atomic mass is 16.5. The molecular weight excluding hydrogens is 372 g/mol. The van der Waals surface area contributed by atoms with Gasteiger partial charge in [-0.05, 0) is 40.8 Å². The Labute approximate surface area is 178 Å².